The standard InChI is InChI=1S/C53H67NO20S2.8CH4/c1-28-38-40(59)43(60)51(9)33(52(72-30(3)55)27-68-35(52)23-34(51)56)24-53(50(38,7)8,73-46(63)32-19-15-12-16-20-32)44(61)41(28)71-47(64)42(39(31-17-13-11-14-18-31)54-48(65)74-49(4,5)6)70-37(58)26-76-75-25-36(57)69-29(2)45(62)67-22-21-66-10;;;;;;;;/h11-20,29,33-35,39-42,44,56,59,61H,21-27H2,1-10H3,(H,54,65);8*1H4. The van der Waals surface area contributed by atoms with Crippen molar-refractivity contribution < 1.29 is 96.3 Å². The van der Waals surface area contributed by atoms with Crippen molar-refractivity contribution >= 4 is 69.3 Å². The predicted octanol–water partition coefficient (Wildman–Crippen LogP) is 9.40. The summed E-state index contributed by atoms with van der Waals surface area (Å²) in [5.41, 5.74) is -8.66. The number of aliphatic hydroxyl groups is 3. The van der Waals surface area contributed by atoms with E-state index >= 15 is 9.59 Å². The van der Waals surface area contributed by atoms with E-state index in [0.29, 0.717) is 0 Å². The topological polar surface area (TPSA) is 292 Å². The molecule has 1 aliphatic heterocycles. The summed E-state index contributed by atoms with van der Waals surface area (Å²) >= 11 is 0. The number of hydrogen-bond donors (Lipinski definition) is 4. The first-order valence-electron chi connectivity index (χ1n) is 24.6. The predicted molar refractivity (Wildman–Crippen MR) is 325 cm³/mol. The number of ketones is 1. The van der Waals surface area contributed by atoms with Crippen LogP contribution in [0.25, 0.3) is 0 Å². The molecule has 480 valence electrons. The number of esters is 6. The number of amides is 1. The third-order valence-corrected chi connectivity index (χ3v) is 16.6. The van der Waals surface area contributed by atoms with Crippen molar-refractivity contribution in [2.24, 2.45) is 16.7 Å². The highest BCUT2D eigenvalue weighted by Gasteiger charge is 2.76. The van der Waals surface area contributed by atoms with Gasteiger partial charge >= 0.3 is 41.9 Å². The highest BCUT2D eigenvalue weighted by Crippen LogP contribution is 2.64. The summed E-state index contributed by atoms with van der Waals surface area (Å²) in [5.74, 6) is -8.86. The number of rotatable bonds is 19. The monoisotopic (exact) mass is 1230 g/mol. The Morgan fingerprint density at radius 3 is 1.85 bits per heavy atom. The summed E-state index contributed by atoms with van der Waals surface area (Å²) in [6.07, 6.45) is -13.7. The zero-order chi connectivity index (χ0) is 56.1. The molecule has 23 heteroatoms. The molecule has 21 nitrogen and oxygen atoms in total. The minimum absolute atomic E-state index is 0. The summed E-state index contributed by atoms with van der Waals surface area (Å²) in [4.78, 5) is 110. The fraction of sp³-hybridized carbons (Fsp3) is 0.639. The molecule has 4 N–H and O–H groups in total. The van der Waals surface area contributed by atoms with Gasteiger partial charge in [-0.3, -0.25) is 19.2 Å². The van der Waals surface area contributed by atoms with Gasteiger partial charge in [0.1, 0.15) is 48.1 Å². The van der Waals surface area contributed by atoms with Gasteiger partial charge in [-0.25, -0.2) is 19.2 Å². The molecule has 1 heterocycles. The molecule has 12 atom stereocenters. The maximum absolute atomic E-state index is 15.2. The van der Waals surface area contributed by atoms with Gasteiger partial charge in [0.05, 0.1) is 30.3 Å². The van der Waals surface area contributed by atoms with E-state index < -0.39 is 142 Å². The average Bonchev–Trinajstić information content (AvgIpc) is 1.14. The molecule has 84 heavy (non-hydrogen) atoms. The zero-order valence-corrected chi connectivity index (χ0v) is 45.7. The lowest BCUT2D eigenvalue weighted by Crippen LogP contribution is -2.79. The average molecular weight is 1230 g/mol. The molecular formula is C61H99NO20S2. The van der Waals surface area contributed by atoms with Crippen molar-refractivity contribution in [2.45, 2.75) is 200 Å². The Balaban J connectivity index is -0.00000820. The van der Waals surface area contributed by atoms with Gasteiger partial charge < -0.3 is 63.3 Å². The van der Waals surface area contributed by atoms with Crippen molar-refractivity contribution in [1.29, 1.82) is 0 Å². The number of methoxy groups -OCH3 is 1. The van der Waals surface area contributed by atoms with E-state index in [1.54, 1.807) is 57.2 Å². The van der Waals surface area contributed by atoms with Gasteiger partial charge in [0, 0.05) is 31.8 Å². The van der Waals surface area contributed by atoms with E-state index in [1.807, 2.05) is 0 Å². The molecule has 12 unspecified atom stereocenters. The van der Waals surface area contributed by atoms with Crippen LogP contribution in [0.5, 0.6) is 0 Å². The highest BCUT2D eigenvalue weighted by molar-refractivity contribution is 8.77. The number of hydrogen-bond acceptors (Lipinski definition) is 22. The van der Waals surface area contributed by atoms with Crippen LogP contribution >= 0.6 is 21.6 Å². The summed E-state index contributed by atoms with van der Waals surface area (Å²) < 4.78 is 51.1. The summed E-state index contributed by atoms with van der Waals surface area (Å²) in [6, 6.07) is 14.0. The third-order valence-electron chi connectivity index (χ3n) is 14.5. The van der Waals surface area contributed by atoms with Crippen molar-refractivity contribution in [2.75, 3.05) is 38.4 Å². The van der Waals surface area contributed by atoms with E-state index in [-0.39, 0.29) is 114 Å². The van der Waals surface area contributed by atoms with Crippen LogP contribution in [-0.4, -0.2) is 161 Å². The van der Waals surface area contributed by atoms with E-state index in [1.165, 1.54) is 66.0 Å². The molecule has 4 aliphatic rings. The first-order valence-corrected chi connectivity index (χ1v) is 27.1. The van der Waals surface area contributed by atoms with Crippen LogP contribution in [0.3, 0.4) is 0 Å². The number of carbonyl (C=O) groups excluding carboxylic acids is 8. The summed E-state index contributed by atoms with van der Waals surface area (Å²) in [5, 5.41) is 40.3. The number of Topliss-reactive ketones (excluding diaryl/α,β-unsaturated/α-hetero) is 1. The molecule has 2 saturated carbocycles. The maximum atomic E-state index is 15.2. The minimum atomic E-state index is -2.32. The van der Waals surface area contributed by atoms with E-state index in [9.17, 15) is 44.1 Å². The largest absolute Gasteiger partial charge is 0.461 e. The summed E-state index contributed by atoms with van der Waals surface area (Å²) in [7, 11) is 3.12. The van der Waals surface area contributed by atoms with Crippen LogP contribution in [0.1, 0.15) is 157 Å². The zero-order valence-electron chi connectivity index (χ0n) is 44.0. The van der Waals surface area contributed by atoms with Gasteiger partial charge in [-0.2, -0.15) is 0 Å². The lowest BCUT2D eigenvalue weighted by atomic mass is 9.45. The van der Waals surface area contributed by atoms with Crippen molar-refractivity contribution in [1.82, 2.24) is 5.32 Å². The Labute approximate surface area is 507 Å². The second-order valence-electron chi connectivity index (χ2n) is 20.8. The third kappa shape index (κ3) is 17.1. The van der Waals surface area contributed by atoms with Crippen LogP contribution in [0.15, 0.2) is 71.8 Å². The Hall–Kier alpha value is -5.56. The molecule has 0 radical (unpaired) electrons. The molecule has 2 bridgehead atoms. The second kappa shape index (κ2) is 33.4. The normalized spacial score (nSPS) is 25.9. The van der Waals surface area contributed by atoms with Gasteiger partial charge in [-0.1, -0.05) is 143 Å². The van der Waals surface area contributed by atoms with Crippen molar-refractivity contribution in [3.05, 3.63) is 82.9 Å². The molecule has 1 saturated heterocycles. The number of ether oxygens (including phenoxy) is 9. The van der Waals surface area contributed by atoms with Gasteiger partial charge in [0.2, 0.25) is 6.10 Å². The molecule has 6 rings (SSSR count). The Morgan fingerprint density at radius 1 is 0.786 bits per heavy atom. The molecule has 0 aromatic heterocycles. The number of benzene rings is 2. The number of fused-ring (bicyclic) bond motifs is 5. The van der Waals surface area contributed by atoms with Gasteiger partial charge in [0.25, 0.3) is 0 Å². The minimum Gasteiger partial charge on any atom is -0.461 e. The lowest BCUT2D eigenvalue weighted by Gasteiger charge is -2.66. The van der Waals surface area contributed by atoms with E-state index in [0.717, 1.165) is 28.5 Å². The van der Waals surface area contributed by atoms with E-state index in [2.05, 4.69) is 5.32 Å². The Bertz CT molecular complexity index is 2540. The molecule has 2 aromatic carbocycles. The van der Waals surface area contributed by atoms with Crippen molar-refractivity contribution in [3.8, 4) is 0 Å². The van der Waals surface area contributed by atoms with Crippen LogP contribution in [0, 0.1) is 16.7 Å². The smallest absolute Gasteiger partial charge is 0.408 e. The van der Waals surface area contributed by atoms with Gasteiger partial charge in [-0.15, -0.1) is 0 Å². The van der Waals surface area contributed by atoms with Crippen LogP contribution in [0.2, 0.25) is 0 Å². The highest BCUT2D eigenvalue weighted by atomic mass is 33.1. The Morgan fingerprint density at radius 2 is 1.33 bits per heavy atom. The number of aliphatic hydroxyl groups excluding tert-OH is 3. The SMILES string of the molecule is C.C.C.C.C.C.C.C.COCCOC(=O)C(C)OC(=O)CSSCC(=O)OC(C(=O)OC1C(C)=C2C(O)C(=O)C3(C)C(O)CC4OCC4(OC(C)=O)C3CC(OC(=O)c3ccccc3)(C1O)C2(C)C)C(NC(=O)OC(C)(C)C)c1ccccc1. The van der Waals surface area contributed by atoms with Gasteiger partial charge in [-0.05, 0) is 76.8 Å². The number of carbonyl (C=O) groups is 8. The second-order valence-corrected chi connectivity index (χ2v) is 23.3. The fourth-order valence-corrected chi connectivity index (χ4v) is 12.3. The summed E-state index contributed by atoms with van der Waals surface area (Å²) in [6.45, 7) is 13.0. The van der Waals surface area contributed by atoms with Crippen molar-refractivity contribution in [3.63, 3.8) is 0 Å². The number of nitrogens with one attached hydrogen (secondary N) is 1. The Kier molecular flexibility index (Phi) is 32.8. The maximum Gasteiger partial charge on any atom is 0.408 e. The fourth-order valence-electron chi connectivity index (χ4n) is 10.7. The van der Waals surface area contributed by atoms with Gasteiger partial charge in [0.15, 0.2) is 29.2 Å². The molecular weight excluding hydrogens is 1130 g/mol. The molecule has 3 aliphatic carbocycles. The van der Waals surface area contributed by atoms with Crippen LogP contribution in [-0.2, 0) is 71.4 Å². The first-order chi connectivity index (χ1) is 35.6. The van der Waals surface area contributed by atoms with Crippen LogP contribution < -0.4 is 5.32 Å². The molecule has 3 fully saturated rings. The quantitative estimate of drug-likeness (QED) is 0.0335. The lowest BCUT2D eigenvalue weighted by molar-refractivity contribution is -0.330. The van der Waals surface area contributed by atoms with Crippen LogP contribution in [0.4, 0.5) is 4.79 Å². The molecule has 0 spiro atoms. The first kappa shape index (κ1) is 82.7. The molecule has 2 aromatic rings. The molecule has 1 amide bonds. The van der Waals surface area contributed by atoms with E-state index in [4.69, 9.17) is 42.6 Å². The number of alkyl carbamates (subject to hydrolysis) is 1.